The first kappa shape index (κ1) is 29.5. The number of halogens is 1. The number of rotatable bonds is 4. The number of fused-ring (bicyclic) bond motifs is 1. The number of hydrogen-bond donors (Lipinski definition) is 2. The Morgan fingerprint density at radius 1 is 1.14 bits per heavy atom. The Bertz CT molecular complexity index is 1220. The average molecular weight is 477 g/mol. The zero-order chi connectivity index (χ0) is 26.4. The largest absolute Gasteiger partial charge is 0.372 e. The zero-order valence-corrected chi connectivity index (χ0v) is 21.7. The molecule has 0 radical (unpaired) electrons. The monoisotopic (exact) mass is 476 g/mol. The number of benzene rings is 2. The molecular weight excluding hydrogens is 439 g/mol. The van der Waals surface area contributed by atoms with Gasteiger partial charge in [0.1, 0.15) is 11.9 Å². The van der Waals surface area contributed by atoms with Crippen molar-refractivity contribution in [1.29, 1.82) is 5.26 Å². The highest BCUT2D eigenvalue weighted by atomic mass is 19.1. The first-order valence-corrected chi connectivity index (χ1v) is 12.1. The molecule has 6 heteroatoms. The van der Waals surface area contributed by atoms with Crippen molar-refractivity contribution in [3.8, 4) is 6.07 Å². The molecule has 0 aliphatic carbocycles. The minimum atomic E-state index is -0.483. The Kier molecular flexibility index (Phi) is 12.9. The summed E-state index contributed by atoms with van der Waals surface area (Å²) in [6.45, 7) is 14.2. The van der Waals surface area contributed by atoms with E-state index in [4.69, 9.17) is 10.1 Å². The second-order valence-electron chi connectivity index (χ2n) is 7.59. The molecule has 0 aromatic heterocycles. The number of carbonyl (C=O) groups excluding carboxylic acids is 1. The number of allylic oxidation sites excluding steroid dienone is 3. The molecule has 0 saturated carbocycles. The number of nitrogens with two attached hydrogens (primary N) is 1. The highest BCUT2D eigenvalue weighted by molar-refractivity contribution is 5.95. The lowest BCUT2D eigenvalue weighted by Crippen LogP contribution is -2.30. The van der Waals surface area contributed by atoms with Gasteiger partial charge < -0.3 is 11.1 Å². The highest BCUT2D eigenvalue weighted by Gasteiger charge is 2.18. The van der Waals surface area contributed by atoms with Crippen molar-refractivity contribution in [2.75, 3.05) is 13.1 Å². The Hall–Kier alpha value is -3.56. The third-order valence-corrected chi connectivity index (χ3v) is 5.68. The lowest BCUT2D eigenvalue weighted by molar-refractivity contribution is -0.106. The number of carbonyl (C=O) groups is 1. The van der Waals surface area contributed by atoms with Gasteiger partial charge >= 0.3 is 0 Å². The maximum absolute atomic E-state index is 14.3. The number of hydrogen-bond acceptors (Lipinski definition) is 4. The molecule has 4 rings (SSSR count). The number of nitrogens with one attached hydrogen (secondary N) is 1. The summed E-state index contributed by atoms with van der Waals surface area (Å²) in [4.78, 5) is 12.8. The molecule has 1 atom stereocenters. The summed E-state index contributed by atoms with van der Waals surface area (Å²) in [5.74, 6) is 0.0122. The molecule has 35 heavy (non-hydrogen) atoms. The second-order valence-corrected chi connectivity index (χ2v) is 7.59. The quantitative estimate of drug-likeness (QED) is 0.380. The molecule has 2 aliphatic heterocycles. The average Bonchev–Trinajstić information content (AvgIpc) is 3.41. The number of primary amides is 1. The molecule has 1 unspecified atom stereocenters. The summed E-state index contributed by atoms with van der Waals surface area (Å²) >= 11 is 0. The van der Waals surface area contributed by atoms with Crippen LogP contribution >= 0.6 is 0 Å². The van der Waals surface area contributed by atoms with E-state index in [-0.39, 0.29) is 12.0 Å². The Balaban J connectivity index is 0.000000797. The smallest absolute Gasteiger partial charge is 0.204 e. The van der Waals surface area contributed by atoms with Gasteiger partial charge in [0.15, 0.2) is 0 Å². The topological polar surface area (TPSA) is 91.3 Å². The second kappa shape index (κ2) is 15.4. The Morgan fingerprint density at radius 2 is 1.80 bits per heavy atom. The maximum Gasteiger partial charge on any atom is 0.204 e. The summed E-state index contributed by atoms with van der Waals surface area (Å²) < 4.78 is 14.3. The number of nitrogens with zero attached hydrogens (tertiary/aromatic N) is 2. The van der Waals surface area contributed by atoms with Gasteiger partial charge in [-0.3, -0.25) is 9.79 Å². The van der Waals surface area contributed by atoms with Crippen molar-refractivity contribution in [2.24, 2.45) is 16.6 Å². The zero-order valence-electron chi connectivity index (χ0n) is 21.7. The fraction of sp³-hybridized carbons (Fsp3) is 0.345. The molecular formula is C29H37FN4O. The van der Waals surface area contributed by atoms with Crippen LogP contribution < -0.4 is 21.6 Å². The summed E-state index contributed by atoms with van der Waals surface area (Å²) in [5, 5.41) is 14.6. The minimum Gasteiger partial charge on any atom is -0.372 e. The maximum atomic E-state index is 14.3. The van der Waals surface area contributed by atoms with E-state index in [1.807, 2.05) is 52.1 Å². The van der Waals surface area contributed by atoms with Crippen LogP contribution in [0.3, 0.4) is 0 Å². The molecule has 1 saturated heterocycles. The van der Waals surface area contributed by atoms with Crippen LogP contribution in [0.25, 0.3) is 17.3 Å². The number of amides is 1. The standard InChI is InChI=1S/C24H22FN3.2C2H6.CH3NO/c1-15(20-7-8-27-13-20)9-22(18-3-4-19(12-26)23(25)11-18)16(2)17-5-6-24-21(10-17)14-28-24;2*1-2;2-1-3/h3-6,9-11,14,20,27H,7-8,13H2,1-2H3;2*1-2H3;1H,(H2,2,3)/b15-9+,22-16-;;;. The molecule has 0 spiro atoms. The summed E-state index contributed by atoms with van der Waals surface area (Å²) in [6, 6.07) is 13.0. The van der Waals surface area contributed by atoms with E-state index in [1.165, 1.54) is 11.6 Å². The van der Waals surface area contributed by atoms with Crippen LogP contribution in [0.2, 0.25) is 0 Å². The molecule has 186 valence electrons. The predicted octanol–water partition coefficient (Wildman–Crippen LogP) is 4.71. The molecule has 2 aliphatic rings. The van der Waals surface area contributed by atoms with Crippen LogP contribution in [0.15, 0.2) is 53.0 Å². The van der Waals surface area contributed by atoms with Crippen LogP contribution in [0, 0.1) is 23.1 Å². The Labute approximate surface area is 208 Å². The molecule has 2 aromatic rings. The fourth-order valence-corrected chi connectivity index (χ4v) is 3.81. The first-order valence-electron chi connectivity index (χ1n) is 12.1. The van der Waals surface area contributed by atoms with Crippen LogP contribution in [0.5, 0.6) is 0 Å². The van der Waals surface area contributed by atoms with E-state index in [0.29, 0.717) is 5.92 Å². The Morgan fingerprint density at radius 3 is 2.29 bits per heavy atom. The van der Waals surface area contributed by atoms with Crippen molar-refractivity contribution in [2.45, 2.75) is 48.0 Å². The van der Waals surface area contributed by atoms with E-state index in [0.717, 1.165) is 52.4 Å². The molecule has 3 N–H and O–H groups in total. The predicted molar refractivity (Wildman–Crippen MR) is 143 cm³/mol. The van der Waals surface area contributed by atoms with Crippen LogP contribution in [-0.2, 0) is 4.79 Å². The van der Waals surface area contributed by atoms with Crippen molar-refractivity contribution >= 4 is 23.8 Å². The van der Waals surface area contributed by atoms with Crippen molar-refractivity contribution in [1.82, 2.24) is 5.32 Å². The van der Waals surface area contributed by atoms with Gasteiger partial charge in [0.25, 0.3) is 0 Å². The van der Waals surface area contributed by atoms with Gasteiger partial charge in [-0.25, -0.2) is 4.39 Å². The highest BCUT2D eigenvalue weighted by Crippen LogP contribution is 2.31. The van der Waals surface area contributed by atoms with E-state index >= 15 is 0 Å². The molecule has 2 aromatic carbocycles. The summed E-state index contributed by atoms with van der Waals surface area (Å²) in [7, 11) is 0. The first-order chi connectivity index (χ1) is 17.0. The molecule has 1 amide bonds. The van der Waals surface area contributed by atoms with E-state index < -0.39 is 5.82 Å². The van der Waals surface area contributed by atoms with Crippen molar-refractivity contribution in [3.63, 3.8) is 0 Å². The lowest BCUT2D eigenvalue weighted by atomic mass is 9.90. The van der Waals surface area contributed by atoms with Crippen LogP contribution in [0.1, 0.15) is 64.7 Å². The third-order valence-electron chi connectivity index (χ3n) is 5.68. The van der Waals surface area contributed by atoms with Gasteiger partial charge in [-0.1, -0.05) is 51.5 Å². The van der Waals surface area contributed by atoms with Gasteiger partial charge in [-0.15, -0.1) is 0 Å². The lowest BCUT2D eigenvalue weighted by Gasteiger charge is -2.15. The van der Waals surface area contributed by atoms with Gasteiger partial charge in [-0.2, -0.15) is 5.26 Å². The normalized spacial score (nSPS) is 15.8. The van der Waals surface area contributed by atoms with Crippen LogP contribution in [-0.4, -0.2) is 19.5 Å². The minimum absolute atomic E-state index is 0.0682. The van der Waals surface area contributed by atoms with Gasteiger partial charge in [0.2, 0.25) is 6.41 Å². The molecule has 0 bridgehead atoms. The van der Waals surface area contributed by atoms with Crippen LogP contribution in [0.4, 0.5) is 4.39 Å². The van der Waals surface area contributed by atoms with Gasteiger partial charge in [0, 0.05) is 18.0 Å². The molecule has 5 nitrogen and oxygen atoms in total. The number of nitriles is 1. The van der Waals surface area contributed by atoms with Crippen molar-refractivity contribution < 1.29 is 9.18 Å². The van der Waals surface area contributed by atoms with E-state index in [9.17, 15) is 4.39 Å². The van der Waals surface area contributed by atoms with Crippen molar-refractivity contribution in [3.05, 3.63) is 81.1 Å². The van der Waals surface area contributed by atoms with Gasteiger partial charge in [-0.05, 0) is 79.3 Å². The van der Waals surface area contributed by atoms with Gasteiger partial charge in [0.05, 0.1) is 10.9 Å². The molecule has 1 fully saturated rings. The van der Waals surface area contributed by atoms with E-state index in [1.54, 1.807) is 6.07 Å². The summed E-state index contributed by atoms with van der Waals surface area (Å²) in [6.07, 6.45) is 5.41. The summed E-state index contributed by atoms with van der Waals surface area (Å²) in [5.41, 5.74) is 9.48. The third kappa shape index (κ3) is 7.73. The SMILES string of the molecule is C/C(=C(\C=C(/C)C1CCNC1)c1ccc(C#N)c(F)c1)c1ccc2c(c1)=CN=2.CC.CC.NC=O. The van der Waals surface area contributed by atoms with E-state index in [2.05, 4.69) is 48.1 Å². The fourth-order valence-electron chi connectivity index (χ4n) is 3.81. The molecule has 2 heterocycles.